The number of rotatable bonds is 0. The van der Waals surface area contributed by atoms with Crippen LogP contribution in [-0.2, 0) is 0 Å². The summed E-state index contributed by atoms with van der Waals surface area (Å²) < 4.78 is 0. The van der Waals surface area contributed by atoms with Gasteiger partial charge < -0.3 is 0 Å². The van der Waals surface area contributed by atoms with Crippen molar-refractivity contribution in [2.24, 2.45) is 0 Å². The zero-order valence-electron chi connectivity index (χ0n) is 3.41. The van der Waals surface area contributed by atoms with Crippen molar-refractivity contribution in [3.05, 3.63) is 0 Å². The van der Waals surface area contributed by atoms with Gasteiger partial charge in [0.15, 0.2) is 0 Å². The van der Waals surface area contributed by atoms with Gasteiger partial charge in [-0.1, -0.05) is 0 Å². The monoisotopic (exact) mass is 125 g/mol. The Bertz CT molecular complexity index is 8.00. The van der Waals surface area contributed by atoms with Crippen LogP contribution in [0.15, 0.2) is 0 Å². The standard InChI is InChI=1S/C3H9Se/c1-4(2)3/h1-3H3. The van der Waals surface area contributed by atoms with Gasteiger partial charge in [0, 0.05) is 0 Å². The van der Waals surface area contributed by atoms with Crippen LogP contribution in [0.2, 0.25) is 17.5 Å². The third kappa shape index (κ3) is 21.6. The molecule has 0 unspecified atom stereocenters. The Kier molecular flexibility index (Phi) is 2.04. The third-order valence-corrected chi connectivity index (χ3v) is 0. The summed E-state index contributed by atoms with van der Waals surface area (Å²) in [4.78, 5) is 0. The van der Waals surface area contributed by atoms with Gasteiger partial charge in [0.25, 0.3) is 0 Å². The maximum absolute atomic E-state index is 2.29. The van der Waals surface area contributed by atoms with Gasteiger partial charge in [-0.3, -0.25) is 0 Å². The Morgan fingerprint density at radius 3 is 1.00 bits per heavy atom. The molecule has 0 rings (SSSR count). The van der Waals surface area contributed by atoms with Crippen molar-refractivity contribution in [1.29, 1.82) is 0 Å². The molecule has 0 spiro atoms. The van der Waals surface area contributed by atoms with Gasteiger partial charge in [0.05, 0.1) is 0 Å². The summed E-state index contributed by atoms with van der Waals surface area (Å²) in [6.45, 7) is 0. The molecule has 0 N–H and O–H groups in total. The van der Waals surface area contributed by atoms with E-state index in [2.05, 4.69) is 17.5 Å². The van der Waals surface area contributed by atoms with Crippen LogP contribution in [-0.4, -0.2) is 13.9 Å². The van der Waals surface area contributed by atoms with Crippen LogP contribution < -0.4 is 0 Å². The van der Waals surface area contributed by atoms with Gasteiger partial charge in [-0.05, 0) is 0 Å². The zero-order chi connectivity index (χ0) is 3.58. The molecule has 0 saturated carbocycles. The van der Waals surface area contributed by atoms with Crippen LogP contribution >= 0.6 is 0 Å². The van der Waals surface area contributed by atoms with Crippen LogP contribution in [0.1, 0.15) is 0 Å². The summed E-state index contributed by atoms with van der Waals surface area (Å²) >= 11 is -0.0417. The van der Waals surface area contributed by atoms with E-state index >= 15 is 0 Å². The molecular weight excluding hydrogens is 115 g/mol. The molecule has 1 heteroatoms. The predicted molar refractivity (Wildman–Crippen MR) is 23.3 cm³/mol. The van der Waals surface area contributed by atoms with E-state index in [9.17, 15) is 0 Å². The summed E-state index contributed by atoms with van der Waals surface area (Å²) in [5, 5.41) is 0. The van der Waals surface area contributed by atoms with Gasteiger partial charge in [0.1, 0.15) is 0 Å². The molecule has 0 aromatic heterocycles. The van der Waals surface area contributed by atoms with E-state index < -0.39 is 0 Å². The van der Waals surface area contributed by atoms with E-state index in [1.54, 1.807) is 0 Å². The molecule has 0 saturated heterocycles. The Morgan fingerprint density at radius 1 is 1.00 bits per heavy atom. The molecule has 0 fully saturated rings. The second kappa shape index (κ2) is 1.80. The Labute approximate surface area is 32.1 Å². The van der Waals surface area contributed by atoms with Crippen molar-refractivity contribution in [1.82, 2.24) is 0 Å². The van der Waals surface area contributed by atoms with Crippen molar-refractivity contribution in [3.63, 3.8) is 0 Å². The average molecular weight is 124 g/mol. The fraction of sp³-hybridized carbons (Fsp3) is 1.00. The van der Waals surface area contributed by atoms with Crippen molar-refractivity contribution in [2.75, 3.05) is 0 Å². The van der Waals surface area contributed by atoms with Crippen molar-refractivity contribution < 1.29 is 0 Å². The predicted octanol–water partition coefficient (Wildman–Crippen LogP) is 1.37. The van der Waals surface area contributed by atoms with Crippen LogP contribution in [0.3, 0.4) is 0 Å². The quantitative estimate of drug-likeness (QED) is 0.428. The first-order valence-electron chi connectivity index (χ1n) is 1.22. The minimum atomic E-state index is -0.0417. The van der Waals surface area contributed by atoms with Crippen molar-refractivity contribution in [3.8, 4) is 0 Å². The van der Waals surface area contributed by atoms with Gasteiger partial charge >= 0.3 is 31.4 Å². The summed E-state index contributed by atoms with van der Waals surface area (Å²) in [6, 6.07) is 0. The second-order valence-electron chi connectivity index (χ2n) is 1.22. The SMILES string of the molecule is C[Se](C)C. The first-order valence-corrected chi connectivity index (χ1v) is 6.36. The molecule has 27 valence electrons. The molecule has 0 atom stereocenters. The molecule has 0 heterocycles. The normalized spacial score (nSPS) is 9.00. The molecule has 0 aromatic rings. The Balaban J connectivity index is 2.32. The van der Waals surface area contributed by atoms with Crippen LogP contribution in [0.4, 0.5) is 0 Å². The van der Waals surface area contributed by atoms with Gasteiger partial charge in [0.2, 0.25) is 0 Å². The van der Waals surface area contributed by atoms with E-state index in [1.807, 2.05) is 0 Å². The Morgan fingerprint density at radius 2 is 1.00 bits per heavy atom. The minimum absolute atomic E-state index is 0.0417. The van der Waals surface area contributed by atoms with Crippen molar-refractivity contribution in [2.45, 2.75) is 17.5 Å². The molecule has 0 aliphatic heterocycles. The molecule has 0 nitrogen and oxygen atoms in total. The van der Waals surface area contributed by atoms with E-state index in [1.165, 1.54) is 0 Å². The fourth-order valence-corrected chi connectivity index (χ4v) is 0. The molecule has 0 aliphatic carbocycles. The molecule has 0 bridgehead atoms. The summed E-state index contributed by atoms with van der Waals surface area (Å²) in [7, 11) is 0. The van der Waals surface area contributed by atoms with Gasteiger partial charge in [-0.2, -0.15) is 0 Å². The number of hydrogen-bond acceptors (Lipinski definition) is 0. The van der Waals surface area contributed by atoms with E-state index in [0.717, 1.165) is 0 Å². The van der Waals surface area contributed by atoms with Gasteiger partial charge in [-0.25, -0.2) is 0 Å². The molecule has 4 heavy (non-hydrogen) atoms. The molecular formula is C3H9Se. The maximum atomic E-state index is 2.29. The number of hydrogen-bond donors (Lipinski definition) is 0. The molecule has 0 aliphatic rings. The third-order valence-electron chi connectivity index (χ3n) is 0. The van der Waals surface area contributed by atoms with Gasteiger partial charge in [-0.15, -0.1) is 0 Å². The molecule has 1 radical (unpaired) electrons. The zero-order valence-corrected chi connectivity index (χ0v) is 5.12. The summed E-state index contributed by atoms with van der Waals surface area (Å²) in [6.07, 6.45) is 0. The Hall–Kier alpha value is 0.519. The summed E-state index contributed by atoms with van der Waals surface area (Å²) in [5.74, 6) is 6.88. The average Bonchev–Trinajstić information content (AvgIpc) is 0.811. The van der Waals surface area contributed by atoms with Crippen LogP contribution in [0, 0.1) is 0 Å². The van der Waals surface area contributed by atoms with Crippen LogP contribution in [0.25, 0.3) is 0 Å². The molecule has 0 amide bonds. The van der Waals surface area contributed by atoms with Crippen LogP contribution in [0.5, 0.6) is 0 Å². The van der Waals surface area contributed by atoms with Crippen molar-refractivity contribution >= 4 is 13.9 Å². The summed E-state index contributed by atoms with van der Waals surface area (Å²) in [5.41, 5.74) is 0. The second-order valence-corrected chi connectivity index (χ2v) is 6.36. The first-order chi connectivity index (χ1) is 1.73. The van der Waals surface area contributed by atoms with E-state index in [0.29, 0.717) is 0 Å². The first kappa shape index (κ1) is 4.52. The molecule has 0 aromatic carbocycles. The van der Waals surface area contributed by atoms with E-state index in [-0.39, 0.29) is 13.9 Å². The van der Waals surface area contributed by atoms with E-state index in [4.69, 9.17) is 0 Å². The fourth-order valence-electron chi connectivity index (χ4n) is 0. The topological polar surface area (TPSA) is 0 Å².